The number of nitrogens with zero attached hydrogens (tertiary/aromatic N) is 1. The third kappa shape index (κ3) is 1.58. The lowest BCUT2D eigenvalue weighted by Crippen LogP contribution is -2.31. The van der Waals surface area contributed by atoms with E-state index in [1.54, 1.807) is 31.3 Å². The molecule has 0 saturated carbocycles. The van der Waals surface area contributed by atoms with Crippen LogP contribution in [0.15, 0.2) is 41.3 Å². The molecule has 0 saturated heterocycles. The Hall–Kier alpha value is -2.10. The number of primary amides is 1. The molecule has 2 aromatic rings. The highest BCUT2D eigenvalue weighted by molar-refractivity contribution is 5.82. The van der Waals surface area contributed by atoms with E-state index in [9.17, 15) is 9.59 Å². The first-order chi connectivity index (χ1) is 7.61. The Morgan fingerprint density at radius 2 is 2.00 bits per heavy atom. The molecular weight excluding hydrogens is 204 g/mol. The van der Waals surface area contributed by atoms with E-state index in [1.165, 1.54) is 4.57 Å². The van der Waals surface area contributed by atoms with E-state index in [0.717, 1.165) is 5.39 Å². The lowest BCUT2D eigenvalue weighted by Gasteiger charge is -2.11. The molecular formula is C12H12N2O2. The van der Waals surface area contributed by atoms with Gasteiger partial charge in [0.2, 0.25) is 5.91 Å². The van der Waals surface area contributed by atoms with Crippen molar-refractivity contribution in [3.63, 3.8) is 0 Å². The van der Waals surface area contributed by atoms with E-state index in [2.05, 4.69) is 0 Å². The van der Waals surface area contributed by atoms with Gasteiger partial charge >= 0.3 is 0 Å². The largest absolute Gasteiger partial charge is 0.368 e. The summed E-state index contributed by atoms with van der Waals surface area (Å²) in [5.74, 6) is -0.516. The third-order valence-electron chi connectivity index (χ3n) is 2.67. The first-order valence-corrected chi connectivity index (χ1v) is 5.00. The van der Waals surface area contributed by atoms with Gasteiger partial charge in [0.15, 0.2) is 0 Å². The van der Waals surface area contributed by atoms with Gasteiger partial charge in [-0.2, -0.15) is 0 Å². The van der Waals surface area contributed by atoms with Crippen LogP contribution in [0.5, 0.6) is 0 Å². The summed E-state index contributed by atoms with van der Waals surface area (Å²) >= 11 is 0. The maximum Gasteiger partial charge on any atom is 0.259 e. The summed E-state index contributed by atoms with van der Waals surface area (Å²) in [6.45, 7) is 1.61. The van der Waals surface area contributed by atoms with Crippen LogP contribution in [0.25, 0.3) is 10.8 Å². The van der Waals surface area contributed by atoms with Crippen LogP contribution >= 0.6 is 0 Å². The van der Waals surface area contributed by atoms with Crippen LogP contribution in [-0.2, 0) is 4.79 Å². The van der Waals surface area contributed by atoms with Crippen molar-refractivity contribution in [2.75, 3.05) is 0 Å². The van der Waals surface area contributed by atoms with E-state index in [-0.39, 0.29) is 5.56 Å². The van der Waals surface area contributed by atoms with Gasteiger partial charge in [-0.25, -0.2) is 0 Å². The van der Waals surface area contributed by atoms with Crippen molar-refractivity contribution in [2.45, 2.75) is 13.0 Å². The number of amides is 1. The van der Waals surface area contributed by atoms with Gasteiger partial charge in [0.05, 0.1) is 0 Å². The zero-order valence-electron chi connectivity index (χ0n) is 8.88. The highest BCUT2D eigenvalue weighted by atomic mass is 16.2. The molecule has 4 nitrogen and oxygen atoms in total. The molecule has 1 atom stereocenters. The zero-order chi connectivity index (χ0) is 11.7. The van der Waals surface area contributed by atoms with Gasteiger partial charge in [0, 0.05) is 11.6 Å². The third-order valence-corrected chi connectivity index (χ3v) is 2.67. The lowest BCUT2D eigenvalue weighted by atomic mass is 10.1. The Labute approximate surface area is 92.3 Å². The maximum atomic E-state index is 12.0. The van der Waals surface area contributed by atoms with Crippen LogP contribution in [0.1, 0.15) is 13.0 Å². The number of hydrogen-bond donors (Lipinski definition) is 1. The smallest absolute Gasteiger partial charge is 0.259 e. The number of rotatable bonds is 2. The number of aromatic nitrogens is 1. The molecule has 4 heteroatoms. The molecule has 82 valence electrons. The van der Waals surface area contributed by atoms with Gasteiger partial charge in [-0.05, 0) is 24.4 Å². The fraction of sp³-hybridized carbons (Fsp3) is 0.167. The summed E-state index contributed by atoms with van der Waals surface area (Å²) in [5.41, 5.74) is 4.99. The van der Waals surface area contributed by atoms with E-state index < -0.39 is 11.9 Å². The van der Waals surface area contributed by atoms with Crippen molar-refractivity contribution in [1.29, 1.82) is 0 Å². The Morgan fingerprint density at radius 1 is 1.31 bits per heavy atom. The van der Waals surface area contributed by atoms with Crippen molar-refractivity contribution in [3.8, 4) is 0 Å². The minimum absolute atomic E-state index is 0.190. The molecule has 0 bridgehead atoms. The quantitative estimate of drug-likeness (QED) is 0.815. The second-order valence-electron chi connectivity index (χ2n) is 3.69. The molecule has 1 amide bonds. The molecule has 16 heavy (non-hydrogen) atoms. The summed E-state index contributed by atoms with van der Waals surface area (Å²) < 4.78 is 1.35. The molecule has 0 fully saturated rings. The van der Waals surface area contributed by atoms with Gasteiger partial charge in [-0.3, -0.25) is 9.59 Å². The Bertz CT molecular complexity index is 601. The first kappa shape index (κ1) is 10.4. The van der Waals surface area contributed by atoms with Crippen LogP contribution in [0.2, 0.25) is 0 Å². The predicted octanol–water partition coefficient (Wildman–Crippen LogP) is 1.05. The highest BCUT2D eigenvalue weighted by Gasteiger charge is 2.13. The minimum Gasteiger partial charge on any atom is -0.368 e. The number of carbonyl (C=O) groups excluding carboxylic acids is 1. The van der Waals surface area contributed by atoms with Crippen LogP contribution in [0, 0.1) is 0 Å². The van der Waals surface area contributed by atoms with Crippen LogP contribution in [-0.4, -0.2) is 10.5 Å². The summed E-state index contributed by atoms with van der Waals surface area (Å²) in [6.07, 6.45) is 1.60. The molecule has 0 unspecified atom stereocenters. The molecule has 0 aliphatic carbocycles. The SMILES string of the molecule is C[C@H](C(N)=O)n1ccc2ccccc2c1=O. The standard InChI is InChI=1S/C12H12N2O2/c1-8(11(13)15)14-7-6-9-4-2-3-5-10(9)12(14)16/h2-8H,1H3,(H2,13,15)/t8-/m1/s1. The number of pyridine rings is 1. The van der Waals surface area contributed by atoms with E-state index in [0.29, 0.717) is 5.39 Å². The average molecular weight is 216 g/mol. The number of fused-ring (bicyclic) bond motifs is 1. The van der Waals surface area contributed by atoms with Gasteiger partial charge in [0.1, 0.15) is 6.04 Å². The second kappa shape index (κ2) is 3.81. The summed E-state index contributed by atoms with van der Waals surface area (Å²) in [6, 6.07) is 8.43. The molecule has 0 aliphatic heterocycles. The van der Waals surface area contributed by atoms with Gasteiger partial charge in [-0.1, -0.05) is 18.2 Å². The van der Waals surface area contributed by atoms with E-state index >= 15 is 0 Å². The molecule has 1 aromatic heterocycles. The maximum absolute atomic E-state index is 12.0. The second-order valence-corrected chi connectivity index (χ2v) is 3.69. The Morgan fingerprint density at radius 3 is 2.69 bits per heavy atom. The average Bonchev–Trinajstić information content (AvgIpc) is 2.29. The molecule has 1 heterocycles. The zero-order valence-corrected chi connectivity index (χ0v) is 8.88. The minimum atomic E-state index is -0.628. The molecule has 2 N–H and O–H groups in total. The number of hydrogen-bond acceptors (Lipinski definition) is 2. The number of nitrogens with two attached hydrogens (primary N) is 1. The summed E-state index contributed by atoms with van der Waals surface area (Å²) in [4.78, 5) is 23.1. The summed E-state index contributed by atoms with van der Waals surface area (Å²) in [7, 11) is 0. The normalized spacial score (nSPS) is 12.6. The predicted molar refractivity (Wildman–Crippen MR) is 62.1 cm³/mol. The number of carbonyl (C=O) groups is 1. The molecule has 0 spiro atoms. The molecule has 2 rings (SSSR count). The first-order valence-electron chi connectivity index (χ1n) is 5.00. The fourth-order valence-electron chi connectivity index (χ4n) is 1.65. The monoisotopic (exact) mass is 216 g/mol. The van der Waals surface area contributed by atoms with Gasteiger partial charge < -0.3 is 10.3 Å². The van der Waals surface area contributed by atoms with Crippen molar-refractivity contribution >= 4 is 16.7 Å². The fourth-order valence-corrected chi connectivity index (χ4v) is 1.65. The molecule has 1 aromatic carbocycles. The molecule has 0 aliphatic rings. The number of benzene rings is 1. The van der Waals surface area contributed by atoms with Crippen molar-refractivity contribution in [1.82, 2.24) is 4.57 Å². The summed E-state index contributed by atoms with van der Waals surface area (Å²) in [5, 5.41) is 1.46. The van der Waals surface area contributed by atoms with Gasteiger partial charge in [0.25, 0.3) is 5.56 Å². The van der Waals surface area contributed by atoms with Gasteiger partial charge in [-0.15, -0.1) is 0 Å². The van der Waals surface area contributed by atoms with Crippen molar-refractivity contribution < 1.29 is 4.79 Å². The van der Waals surface area contributed by atoms with E-state index in [1.807, 2.05) is 12.1 Å². The Kier molecular flexibility index (Phi) is 2.48. The highest BCUT2D eigenvalue weighted by Crippen LogP contribution is 2.10. The van der Waals surface area contributed by atoms with Crippen molar-refractivity contribution in [3.05, 3.63) is 46.9 Å². The lowest BCUT2D eigenvalue weighted by molar-refractivity contribution is -0.120. The van der Waals surface area contributed by atoms with E-state index in [4.69, 9.17) is 5.73 Å². The van der Waals surface area contributed by atoms with Crippen LogP contribution in [0.4, 0.5) is 0 Å². The Balaban J connectivity index is 2.70. The molecule has 0 radical (unpaired) electrons. The topological polar surface area (TPSA) is 65.1 Å². The van der Waals surface area contributed by atoms with Crippen LogP contribution in [0.3, 0.4) is 0 Å². The van der Waals surface area contributed by atoms with Crippen molar-refractivity contribution in [2.24, 2.45) is 5.73 Å². The van der Waals surface area contributed by atoms with Crippen LogP contribution < -0.4 is 11.3 Å².